The van der Waals surface area contributed by atoms with Gasteiger partial charge in [0.1, 0.15) is 5.75 Å². The number of hydrogen-bond acceptors (Lipinski definition) is 6. The van der Waals surface area contributed by atoms with E-state index in [4.69, 9.17) is 4.74 Å². The zero-order valence-electron chi connectivity index (χ0n) is 18.2. The van der Waals surface area contributed by atoms with Crippen molar-refractivity contribution in [3.8, 4) is 17.0 Å². The fourth-order valence-electron chi connectivity index (χ4n) is 3.26. The van der Waals surface area contributed by atoms with Gasteiger partial charge in [0.2, 0.25) is 5.91 Å². The first-order chi connectivity index (χ1) is 16.0. The van der Waals surface area contributed by atoms with Gasteiger partial charge in [-0.3, -0.25) is 14.9 Å². The van der Waals surface area contributed by atoms with Crippen LogP contribution in [0, 0.1) is 6.92 Å². The molecular weight excluding hydrogens is 438 g/mol. The van der Waals surface area contributed by atoms with Crippen LogP contribution in [-0.4, -0.2) is 33.5 Å². The van der Waals surface area contributed by atoms with E-state index in [0.29, 0.717) is 29.3 Å². The van der Waals surface area contributed by atoms with Crippen molar-refractivity contribution >= 4 is 34.0 Å². The molecule has 2 N–H and O–H groups in total. The molecule has 2 aromatic carbocycles. The van der Waals surface area contributed by atoms with Gasteiger partial charge < -0.3 is 14.6 Å². The summed E-state index contributed by atoms with van der Waals surface area (Å²) >= 11 is 1.34. The van der Waals surface area contributed by atoms with Crippen molar-refractivity contribution in [1.29, 1.82) is 0 Å². The molecule has 4 aromatic rings. The third-order valence-corrected chi connectivity index (χ3v) is 5.68. The Labute approximate surface area is 195 Å². The van der Waals surface area contributed by atoms with E-state index in [-0.39, 0.29) is 11.8 Å². The lowest BCUT2D eigenvalue weighted by Gasteiger charge is -2.08. The second-order valence-electron chi connectivity index (χ2n) is 7.38. The minimum absolute atomic E-state index is 0.141. The Balaban J connectivity index is 1.40. The number of imidazole rings is 1. The van der Waals surface area contributed by atoms with Crippen LogP contribution in [0.15, 0.2) is 66.6 Å². The molecule has 9 heteroatoms. The van der Waals surface area contributed by atoms with Gasteiger partial charge >= 0.3 is 0 Å². The molecule has 0 spiro atoms. The van der Waals surface area contributed by atoms with Crippen LogP contribution < -0.4 is 15.4 Å². The molecule has 0 aliphatic carbocycles. The van der Waals surface area contributed by atoms with Gasteiger partial charge in [0.05, 0.1) is 19.1 Å². The van der Waals surface area contributed by atoms with Gasteiger partial charge in [0.25, 0.3) is 5.91 Å². The van der Waals surface area contributed by atoms with E-state index in [0.717, 1.165) is 22.6 Å². The third kappa shape index (κ3) is 5.64. The highest BCUT2D eigenvalue weighted by molar-refractivity contribution is 7.14. The van der Waals surface area contributed by atoms with E-state index >= 15 is 0 Å². The molecule has 168 valence electrons. The maximum atomic E-state index is 12.8. The summed E-state index contributed by atoms with van der Waals surface area (Å²) < 4.78 is 7.27. The highest BCUT2D eigenvalue weighted by atomic mass is 32.1. The van der Waals surface area contributed by atoms with Crippen LogP contribution in [0.1, 0.15) is 22.3 Å². The number of amides is 2. The van der Waals surface area contributed by atoms with Gasteiger partial charge in [0.15, 0.2) is 5.13 Å². The molecule has 2 heterocycles. The van der Waals surface area contributed by atoms with Crippen molar-refractivity contribution in [3.05, 3.63) is 77.7 Å². The lowest BCUT2D eigenvalue weighted by Crippen LogP contribution is -2.15. The van der Waals surface area contributed by atoms with E-state index < -0.39 is 0 Å². The third-order valence-electron chi connectivity index (χ3n) is 4.92. The SMILES string of the molecule is COc1ccc(C)cc1-c1csc(NC(=O)c2cccc(NC(=O)CCn3ccnc3)c2)n1. The Kier molecular flexibility index (Phi) is 6.80. The lowest BCUT2D eigenvalue weighted by molar-refractivity contribution is -0.116. The molecular formula is C24H23N5O3S. The second kappa shape index (κ2) is 10.1. The zero-order valence-corrected chi connectivity index (χ0v) is 19.1. The topological polar surface area (TPSA) is 98.1 Å². The highest BCUT2D eigenvalue weighted by Gasteiger charge is 2.14. The Morgan fingerprint density at radius 1 is 1.15 bits per heavy atom. The average Bonchev–Trinajstić information content (AvgIpc) is 3.50. The largest absolute Gasteiger partial charge is 0.496 e. The molecule has 0 radical (unpaired) electrons. The monoisotopic (exact) mass is 461 g/mol. The Morgan fingerprint density at radius 3 is 2.82 bits per heavy atom. The molecule has 0 unspecified atom stereocenters. The molecule has 2 aromatic heterocycles. The maximum Gasteiger partial charge on any atom is 0.257 e. The average molecular weight is 462 g/mol. The number of anilines is 2. The number of ether oxygens (including phenoxy) is 1. The quantitative estimate of drug-likeness (QED) is 0.399. The van der Waals surface area contributed by atoms with Crippen molar-refractivity contribution in [3.63, 3.8) is 0 Å². The van der Waals surface area contributed by atoms with Crippen LogP contribution in [0.2, 0.25) is 0 Å². The Bertz CT molecular complexity index is 1270. The van der Waals surface area contributed by atoms with Crippen LogP contribution in [0.25, 0.3) is 11.3 Å². The predicted octanol–water partition coefficient (Wildman–Crippen LogP) is 4.60. The Morgan fingerprint density at radius 2 is 2.03 bits per heavy atom. The highest BCUT2D eigenvalue weighted by Crippen LogP contribution is 2.33. The summed E-state index contributed by atoms with van der Waals surface area (Å²) in [7, 11) is 1.62. The number of nitrogens with zero attached hydrogens (tertiary/aromatic N) is 3. The van der Waals surface area contributed by atoms with Crippen LogP contribution in [-0.2, 0) is 11.3 Å². The number of aryl methyl sites for hydroxylation is 2. The molecule has 2 amide bonds. The van der Waals surface area contributed by atoms with E-state index in [2.05, 4.69) is 20.6 Å². The molecule has 8 nitrogen and oxygen atoms in total. The Hall–Kier alpha value is -3.98. The van der Waals surface area contributed by atoms with Crippen molar-refractivity contribution in [2.45, 2.75) is 19.9 Å². The number of carbonyl (C=O) groups excluding carboxylic acids is 2. The van der Waals surface area contributed by atoms with E-state index in [9.17, 15) is 9.59 Å². The summed E-state index contributed by atoms with van der Waals surface area (Å²) in [6.45, 7) is 2.53. The first kappa shape index (κ1) is 22.2. The minimum Gasteiger partial charge on any atom is -0.496 e. The molecule has 33 heavy (non-hydrogen) atoms. The fraction of sp³-hybridized carbons (Fsp3) is 0.167. The number of benzene rings is 2. The van der Waals surface area contributed by atoms with Crippen molar-refractivity contribution in [2.75, 3.05) is 17.7 Å². The number of methoxy groups -OCH3 is 1. The maximum absolute atomic E-state index is 12.8. The van der Waals surface area contributed by atoms with E-state index in [1.165, 1.54) is 11.3 Å². The molecule has 0 atom stereocenters. The summed E-state index contributed by atoms with van der Waals surface area (Å²) in [5, 5.41) is 8.02. The summed E-state index contributed by atoms with van der Waals surface area (Å²) in [5.41, 5.74) is 3.67. The van der Waals surface area contributed by atoms with Crippen LogP contribution >= 0.6 is 11.3 Å². The number of thiazole rings is 1. The molecule has 0 aliphatic heterocycles. The summed E-state index contributed by atoms with van der Waals surface area (Å²) in [6.07, 6.45) is 5.44. The van der Waals surface area contributed by atoms with E-state index in [1.54, 1.807) is 50.1 Å². The van der Waals surface area contributed by atoms with Gasteiger partial charge in [-0.25, -0.2) is 9.97 Å². The number of hydrogen-bond donors (Lipinski definition) is 2. The first-order valence-corrected chi connectivity index (χ1v) is 11.2. The molecule has 4 rings (SSSR count). The van der Waals surface area contributed by atoms with Gasteiger partial charge in [-0.15, -0.1) is 11.3 Å². The summed E-state index contributed by atoms with van der Waals surface area (Å²) in [4.78, 5) is 33.5. The van der Waals surface area contributed by atoms with Crippen LogP contribution in [0.5, 0.6) is 5.75 Å². The minimum atomic E-state index is -0.304. The van der Waals surface area contributed by atoms with Gasteiger partial charge in [-0.2, -0.15) is 0 Å². The molecule has 0 bridgehead atoms. The molecule has 0 fully saturated rings. The number of nitrogens with one attached hydrogen (secondary N) is 2. The fourth-order valence-corrected chi connectivity index (χ4v) is 3.96. The van der Waals surface area contributed by atoms with Crippen LogP contribution in [0.4, 0.5) is 10.8 Å². The zero-order chi connectivity index (χ0) is 23.2. The van der Waals surface area contributed by atoms with Crippen LogP contribution in [0.3, 0.4) is 0 Å². The molecule has 0 aliphatic rings. The lowest BCUT2D eigenvalue weighted by atomic mass is 10.1. The van der Waals surface area contributed by atoms with Gasteiger partial charge in [-0.05, 0) is 37.3 Å². The first-order valence-electron chi connectivity index (χ1n) is 10.3. The van der Waals surface area contributed by atoms with Gasteiger partial charge in [0, 0.05) is 47.6 Å². The van der Waals surface area contributed by atoms with Gasteiger partial charge in [-0.1, -0.05) is 17.7 Å². The summed E-state index contributed by atoms with van der Waals surface area (Å²) in [5.74, 6) is 0.278. The summed E-state index contributed by atoms with van der Waals surface area (Å²) in [6, 6.07) is 12.7. The molecule has 0 saturated heterocycles. The van der Waals surface area contributed by atoms with Crippen molar-refractivity contribution in [1.82, 2.24) is 14.5 Å². The van der Waals surface area contributed by atoms with Crippen molar-refractivity contribution in [2.24, 2.45) is 0 Å². The van der Waals surface area contributed by atoms with Crippen molar-refractivity contribution < 1.29 is 14.3 Å². The number of carbonyl (C=O) groups is 2. The number of rotatable bonds is 8. The normalized spacial score (nSPS) is 10.6. The predicted molar refractivity (Wildman–Crippen MR) is 129 cm³/mol. The standard InChI is InChI=1S/C24H23N5O3S/c1-16-6-7-21(32-2)19(12-16)20-14-33-24(27-20)28-23(31)17-4-3-5-18(13-17)26-22(30)8-10-29-11-9-25-15-29/h3-7,9,11-15H,8,10H2,1-2H3,(H,26,30)(H,27,28,31). The number of aromatic nitrogens is 3. The second-order valence-corrected chi connectivity index (χ2v) is 8.23. The molecule has 0 saturated carbocycles. The smallest absolute Gasteiger partial charge is 0.257 e. The van der Waals surface area contributed by atoms with E-state index in [1.807, 2.05) is 35.1 Å².